The first-order valence-electron chi connectivity index (χ1n) is 9.03. The van der Waals surface area contributed by atoms with E-state index in [2.05, 4.69) is 22.4 Å². The highest BCUT2D eigenvalue weighted by molar-refractivity contribution is 7.89. The average molecular weight is 414 g/mol. The number of hydrogen-bond acceptors (Lipinski definition) is 6. The second-order valence-corrected chi connectivity index (χ2v) is 8.77. The van der Waals surface area contributed by atoms with Crippen LogP contribution in [-0.2, 0) is 27.7 Å². The van der Waals surface area contributed by atoms with E-state index in [1.165, 1.54) is 31.8 Å². The highest BCUT2D eigenvalue weighted by Gasteiger charge is 2.18. The molecule has 3 aromatic rings. The zero-order chi connectivity index (χ0) is 21.0. The normalized spacial score (nSPS) is 11.6. The number of carbonyl (C=O) groups excluding carboxylic acids is 1. The third-order valence-electron chi connectivity index (χ3n) is 4.35. The van der Waals surface area contributed by atoms with Gasteiger partial charge >= 0.3 is 6.01 Å². The minimum atomic E-state index is -3.51. The summed E-state index contributed by atoms with van der Waals surface area (Å²) < 4.78 is 30.8. The molecule has 9 heteroatoms. The van der Waals surface area contributed by atoms with Gasteiger partial charge in [0.05, 0.1) is 11.3 Å². The maximum atomic E-state index is 12.2. The van der Waals surface area contributed by atoms with Crippen molar-refractivity contribution in [3.8, 4) is 11.5 Å². The predicted octanol–water partition coefficient (Wildman–Crippen LogP) is 2.73. The number of amides is 1. The molecule has 29 heavy (non-hydrogen) atoms. The largest absolute Gasteiger partial charge is 0.403 e. The molecule has 0 aliphatic heterocycles. The molecule has 3 rings (SSSR count). The van der Waals surface area contributed by atoms with Crippen LogP contribution in [0.25, 0.3) is 11.5 Å². The molecule has 2 aromatic carbocycles. The third-order valence-corrected chi connectivity index (χ3v) is 6.18. The lowest BCUT2D eigenvalue weighted by molar-refractivity contribution is -0.115. The van der Waals surface area contributed by atoms with E-state index in [9.17, 15) is 13.2 Å². The second kappa shape index (κ2) is 8.54. The number of benzene rings is 2. The summed E-state index contributed by atoms with van der Waals surface area (Å²) in [5, 5.41) is 10.3. The van der Waals surface area contributed by atoms with Crippen LogP contribution in [0.4, 0.5) is 6.01 Å². The smallest absolute Gasteiger partial charge is 0.322 e. The van der Waals surface area contributed by atoms with Crippen LogP contribution in [0.2, 0.25) is 0 Å². The second-order valence-electron chi connectivity index (χ2n) is 6.62. The molecule has 0 bridgehead atoms. The SMILES string of the molecule is CCc1ccc(CC(=O)Nc2nnc(-c3ccc(S(=O)(=O)N(C)C)cc3)o2)cc1. The Kier molecular flexibility index (Phi) is 6.09. The van der Waals surface area contributed by atoms with Gasteiger partial charge in [0.2, 0.25) is 21.8 Å². The van der Waals surface area contributed by atoms with Gasteiger partial charge in [-0.2, -0.15) is 0 Å². The van der Waals surface area contributed by atoms with Gasteiger partial charge in [0, 0.05) is 19.7 Å². The first-order valence-corrected chi connectivity index (χ1v) is 10.5. The van der Waals surface area contributed by atoms with Gasteiger partial charge in [-0.05, 0) is 41.8 Å². The number of aromatic nitrogens is 2. The zero-order valence-corrected chi connectivity index (χ0v) is 17.2. The molecule has 8 nitrogen and oxygen atoms in total. The van der Waals surface area contributed by atoms with Crippen molar-refractivity contribution < 1.29 is 17.6 Å². The summed E-state index contributed by atoms with van der Waals surface area (Å²) >= 11 is 0. The van der Waals surface area contributed by atoms with Gasteiger partial charge < -0.3 is 4.42 Å². The number of nitrogens with zero attached hydrogens (tertiary/aromatic N) is 3. The topological polar surface area (TPSA) is 105 Å². The Bertz CT molecular complexity index is 1090. The fourth-order valence-electron chi connectivity index (χ4n) is 2.61. The van der Waals surface area contributed by atoms with Crippen molar-refractivity contribution in [3.05, 3.63) is 59.7 Å². The van der Waals surface area contributed by atoms with Crippen molar-refractivity contribution in [3.63, 3.8) is 0 Å². The zero-order valence-electron chi connectivity index (χ0n) is 16.4. The number of sulfonamides is 1. The van der Waals surface area contributed by atoms with Crippen LogP contribution in [-0.4, -0.2) is 42.9 Å². The summed E-state index contributed by atoms with van der Waals surface area (Å²) in [5.41, 5.74) is 2.64. The third kappa shape index (κ3) is 4.87. The van der Waals surface area contributed by atoms with Gasteiger partial charge in [0.1, 0.15) is 0 Å². The summed E-state index contributed by atoms with van der Waals surface area (Å²) in [7, 11) is -0.578. The van der Waals surface area contributed by atoms with Crippen LogP contribution in [0, 0.1) is 0 Å². The fourth-order valence-corrected chi connectivity index (χ4v) is 3.51. The van der Waals surface area contributed by atoms with E-state index in [-0.39, 0.29) is 29.1 Å². The van der Waals surface area contributed by atoms with E-state index in [1.54, 1.807) is 12.1 Å². The van der Waals surface area contributed by atoms with E-state index in [0.717, 1.165) is 16.3 Å². The molecule has 0 saturated carbocycles. The van der Waals surface area contributed by atoms with E-state index < -0.39 is 10.0 Å². The molecule has 0 unspecified atom stereocenters. The van der Waals surface area contributed by atoms with Crippen LogP contribution < -0.4 is 5.32 Å². The molecular weight excluding hydrogens is 392 g/mol. The molecule has 1 amide bonds. The molecule has 152 valence electrons. The van der Waals surface area contributed by atoms with Crippen molar-refractivity contribution in [1.29, 1.82) is 0 Å². The summed E-state index contributed by atoms with van der Waals surface area (Å²) in [6.45, 7) is 2.07. The van der Waals surface area contributed by atoms with Crippen LogP contribution in [0.3, 0.4) is 0 Å². The van der Waals surface area contributed by atoms with Gasteiger partial charge in [-0.1, -0.05) is 36.3 Å². The summed E-state index contributed by atoms with van der Waals surface area (Å²) in [6.07, 6.45) is 1.14. The van der Waals surface area contributed by atoms with Gasteiger partial charge in [-0.25, -0.2) is 12.7 Å². The first-order chi connectivity index (χ1) is 13.8. The van der Waals surface area contributed by atoms with Gasteiger partial charge in [0.25, 0.3) is 0 Å². The first kappa shape index (κ1) is 20.7. The molecule has 0 fully saturated rings. The van der Waals surface area contributed by atoms with E-state index >= 15 is 0 Å². The van der Waals surface area contributed by atoms with Gasteiger partial charge in [-0.15, -0.1) is 5.10 Å². The van der Waals surface area contributed by atoms with Crippen molar-refractivity contribution >= 4 is 21.9 Å². The number of carbonyl (C=O) groups is 1. The Labute approximate surface area is 169 Å². The van der Waals surface area contributed by atoms with Crippen molar-refractivity contribution in [1.82, 2.24) is 14.5 Å². The van der Waals surface area contributed by atoms with Crippen LogP contribution in [0.15, 0.2) is 57.8 Å². The molecule has 1 heterocycles. The maximum Gasteiger partial charge on any atom is 0.322 e. The number of nitrogens with one attached hydrogen (secondary N) is 1. The molecule has 0 aliphatic carbocycles. The Morgan fingerprint density at radius 1 is 1.00 bits per heavy atom. The summed E-state index contributed by atoms with van der Waals surface area (Å²) in [5.74, 6) is -0.0849. The van der Waals surface area contributed by atoms with Crippen molar-refractivity contribution in [2.75, 3.05) is 19.4 Å². The van der Waals surface area contributed by atoms with Gasteiger partial charge in [0.15, 0.2) is 0 Å². The van der Waals surface area contributed by atoms with E-state index in [1.807, 2.05) is 24.3 Å². The minimum Gasteiger partial charge on any atom is -0.403 e. The lowest BCUT2D eigenvalue weighted by atomic mass is 10.1. The Hall–Kier alpha value is -3.04. The van der Waals surface area contributed by atoms with Crippen molar-refractivity contribution in [2.24, 2.45) is 0 Å². The molecule has 0 spiro atoms. The van der Waals surface area contributed by atoms with Crippen LogP contribution in [0.1, 0.15) is 18.1 Å². The summed E-state index contributed by atoms with van der Waals surface area (Å²) in [4.78, 5) is 12.4. The molecule has 0 saturated heterocycles. The highest BCUT2D eigenvalue weighted by Crippen LogP contribution is 2.22. The molecular formula is C20H22N4O4S. The highest BCUT2D eigenvalue weighted by atomic mass is 32.2. The maximum absolute atomic E-state index is 12.2. The Balaban J connectivity index is 1.66. The van der Waals surface area contributed by atoms with Crippen LogP contribution >= 0.6 is 0 Å². The Morgan fingerprint density at radius 3 is 2.21 bits per heavy atom. The number of anilines is 1. The Morgan fingerprint density at radius 2 is 1.62 bits per heavy atom. The quantitative estimate of drug-likeness (QED) is 0.637. The molecule has 0 atom stereocenters. The van der Waals surface area contributed by atoms with Crippen molar-refractivity contribution in [2.45, 2.75) is 24.7 Å². The van der Waals surface area contributed by atoms with Crippen LogP contribution in [0.5, 0.6) is 0 Å². The number of hydrogen-bond donors (Lipinski definition) is 1. The fraction of sp³-hybridized carbons (Fsp3) is 0.250. The monoisotopic (exact) mass is 414 g/mol. The van der Waals surface area contributed by atoms with E-state index in [0.29, 0.717) is 5.56 Å². The number of aryl methyl sites for hydroxylation is 1. The molecule has 1 N–H and O–H groups in total. The lowest BCUT2D eigenvalue weighted by Crippen LogP contribution is -2.22. The van der Waals surface area contributed by atoms with E-state index in [4.69, 9.17) is 4.42 Å². The summed E-state index contributed by atoms with van der Waals surface area (Å²) in [6, 6.07) is 13.9. The minimum absolute atomic E-state index is 0.0137. The lowest BCUT2D eigenvalue weighted by Gasteiger charge is -2.11. The predicted molar refractivity (Wildman–Crippen MR) is 109 cm³/mol. The number of rotatable bonds is 7. The molecule has 0 aliphatic rings. The molecule has 1 aromatic heterocycles. The standard InChI is InChI=1S/C20H22N4O4S/c1-4-14-5-7-15(8-6-14)13-18(25)21-20-23-22-19(28-20)16-9-11-17(12-10-16)29(26,27)24(2)3/h5-12H,4,13H2,1-3H3,(H,21,23,25). The average Bonchev–Trinajstić information content (AvgIpc) is 3.16. The molecule has 0 radical (unpaired) electrons. The van der Waals surface area contributed by atoms with Gasteiger partial charge in [-0.3, -0.25) is 10.1 Å².